The van der Waals surface area contributed by atoms with Crippen molar-refractivity contribution in [1.29, 1.82) is 0 Å². The van der Waals surface area contributed by atoms with E-state index in [4.69, 9.17) is 9.47 Å². The van der Waals surface area contributed by atoms with Gasteiger partial charge in [-0.3, -0.25) is 4.98 Å². The van der Waals surface area contributed by atoms with E-state index in [1.165, 1.54) is 0 Å². The molecule has 0 spiro atoms. The molecule has 0 aliphatic rings. The van der Waals surface area contributed by atoms with E-state index < -0.39 is 0 Å². The zero-order chi connectivity index (χ0) is 14.9. The fraction of sp³-hybridized carbons (Fsp3) is 0.353. The van der Waals surface area contributed by atoms with Gasteiger partial charge >= 0.3 is 0 Å². The summed E-state index contributed by atoms with van der Waals surface area (Å²) in [6.45, 7) is 3.58. The molecule has 0 saturated heterocycles. The predicted octanol–water partition coefficient (Wildman–Crippen LogP) is 3.21. The van der Waals surface area contributed by atoms with Crippen molar-refractivity contribution in [1.82, 2.24) is 10.3 Å². The highest BCUT2D eigenvalue weighted by atomic mass is 16.5. The molecule has 4 nitrogen and oxygen atoms in total. The second-order valence-corrected chi connectivity index (χ2v) is 4.65. The summed E-state index contributed by atoms with van der Waals surface area (Å²) in [6.07, 6.45) is 2.62. The van der Waals surface area contributed by atoms with Gasteiger partial charge in [0.1, 0.15) is 11.5 Å². The first-order valence-electron chi connectivity index (χ1n) is 7.25. The Morgan fingerprint density at radius 3 is 2.67 bits per heavy atom. The quantitative estimate of drug-likeness (QED) is 0.809. The average molecular weight is 286 g/mol. The van der Waals surface area contributed by atoms with Gasteiger partial charge in [-0.25, -0.2) is 0 Å². The number of nitrogens with one attached hydrogen (secondary N) is 1. The van der Waals surface area contributed by atoms with E-state index in [9.17, 15) is 0 Å². The smallest absolute Gasteiger partial charge is 0.141 e. The predicted molar refractivity (Wildman–Crippen MR) is 83.8 cm³/mol. The van der Waals surface area contributed by atoms with Gasteiger partial charge in [0.15, 0.2) is 0 Å². The maximum absolute atomic E-state index is 5.77. The molecule has 0 aliphatic carbocycles. The molecule has 1 aromatic carbocycles. The largest absolute Gasteiger partial charge is 0.495 e. The van der Waals surface area contributed by atoms with Crippen LogP contribution in [0.1, 0.15) is 25.1 Å². The number of nitrogens with zero attached hydrogens (tertiary/aromatic N) is 1. The van der Waals surface area contributed by atoms with Gasteiger partial charge in [-0.05, 0) is 30.8 Å². The van der Waals surface area contributed by atoms with Gasteiger partial charge in [0, 0.05) is 12.6 Å². The number of benzene rings is 1. The molecule has 0 amide bonds. The van der Waals surface area contributed by atoms with Crippen LogP contribution in [0.5, 0.6) is 11.5 Å². The van der Waals surface area contributed by atoms with Crippen LogP contribution in [0.25, 0.3) is 0 Å². The van der Waals surface area contributed by atoms with E-state index >= 15 is 0 Å². The number of rotatable bonds is 8. The van der Waals surface area contributed by atoms with Gasteiger partial charge in [-0.1, -0.05) is 25.1 Å². The first-order valence-corrected chi connectivity index (χ1v) is 7.25. The van der Waals surface area contributed by atoms with Crippen molar-refractivity contribution in [2.75, 3.05) is 20.3 Å². The topological polar surface area (TPSA) is 43.4 Å². The highest BCUT2D eigenvalue weighted by molar-refractivity contribution is 5.29. The second kappa shape index (κ2) is 8.27. The van der Waals surface area contributed by atoms with E-state index in [0.717, 1.165) is 30.2 Å². The lowest BCUT2D eigenvalue weighted by molar-refractivity contribution is 0.283. The summed E-state index contributed by atoms with van der Waals surface area (Å²) >= 11 is 0. The highest BCUT2D eigenvalue weighted by Gasteiger charge is 2.16. The average Bonchev–Trinajstić information content (AvgIpc) is 2.55. The second-order valence-electron chi connectivity index (χ2n) is 4.65. The van der Waals surface area contributed by atoms with Crippen molar-refractivity contribution in [3.8, 4) is 11.5 Å². The Kier molecular flexibility index (Phi) is 6.03. The minimum Gasteiger partial charge on any atom is -0.495 e. The van der Waals surface area contributed by atoms with E-state index in [2.05, 4.69) is 17.2 Å². The third-order valence-corrected chi connectivity index (χ3v) is 3.22. The van der Waals surface area contributed by atoms with Crippen molar-refractivity contribution >= 4 is 0 Å². The van der Waals surface area contributed by atoms with Crippen molar-refractivity contribution in [3.63, 3.8) is 0 Å². The van der Waals surface area contributed by atoms with E-state index in [-0.39, 0.29) is 6.04 Å². The van der Waals surface area contributed by atoms with E-state index in [1.54, 1.807) is 13.3 Å². The lowest BCUT2D eigenvalue weighted by Crippen LogP contribution is -2.24. The Balaban J connectivity index is 1.99. The minimum atomic E-state index is 0.120. The van der Waals surface area contributed by atoms with Crippen LogP contribution in [0.4, 0.5) is 0 Å². The van der Waals surface area contributed by atoms with Crippen LogP contribution < -0.4 is 14.8 Å². The van der Waals surface area contributed by atoms with Crippen molar-refractivity contribution in [2.45, 2.75) is 19.4 Å². The molecular formula is C17H22N2O2. The Hall–Kier alpha value is -2.07. The summed E-state index contributed by atoms with van der Waals surface area (Å²) in [4.78, 5) is 4.45. The summed E-state index contributed by atoms with van der Waals surface area (Å²) in [5.41, 5.74) is 0.929. The molecule has 0 saturated carbocycles. The van der Waals surface area contributed by atoms with Crippen LogP contribution in [0.2, 0.25) is 0 Å². The van der Waals surface area contributed by atoms with Gasteiger partial charge < -0.3 is 14.8 Å². The molecule has 1 heterocycles. The number of para-hydroxylation sites is 1. The molecule has 112 valence electrons. The number of hydrogen-bond donors (Lipinski definition) is 1. The van der Waals surface area contributed by atoms with E-state index in [1.807, 2.05) is 42.5 Å². The van der Waals surface area contributed by atoms with Crippen LogP contribution in [0.15, 0.2) is 48.7 Å². The summed E-state index contributed by atoms with van der Waals surface area (Å²) in [5.74, 6) is 1.70. The molecule has 1 atom stereocenters. The number of ether oxygens (including phenoxy) is 2. The molecular weight excluding hydrogens is 264 g/mol. The lowest BCUT2D eigenvalue weighted by Gasteiger charge is -2.19. The Morgan fingerprint density at radius 2 is 1.95 bits per heavy atom. The molecule has 1 unspecified atom stereocenters. The van der Waals surface area contributed by atoms with Crippen LogP contribution >= 0.6 is 0 Å². The summed E-state index contributed by atoms with van der Waals surface area (Å²) in [5, 5.41) is 3.44. The van der Waals surface area contributed by atoms with Crippen molar-refractivity contribution in [2.24, 2.45) is 0 Å². The summed E-state index contributed by atoms with van der Waals surface area (Å²) in [7, 11) is 1.67. The van der Waals surface area contributed by atoms with Gasteiger partial charge in [0.25, 0.3) is 0 Å². The summed E-state index contributed by atoms with van der Waals surface area (Å²) < 4.78 is 11.2. The van der Waals surface area contributed by atoms with Crippen LogP contribution in [-0.4, -0.2) is 25.2 Å². The van der Waals surface area contributed by atoms with Gasteiger partial charge in [-0.2, -0.15) is 0 Å². The van der Waals surface area contributed by atoms with Crippen molar-refractivity contribution < 1.29 is 9.47 Å². The highest BCUT2D eigenvalue weighted by Crippen LogP contribution is 2.24. The monoisotopic (exact) mass is 286 g/mol. The zero-order valence-corrected chi connectivity index (χ0v) is 12.6. The SMILES string of the molecule is CCNC(CCOc1ccccc1)c1ncccc1OC. The molecule has 0 bridgehead atoms. The van der Waals surface area contributed by atoms with E-state index in [0.29, 0.717) is 6.61 Å². The Labute approximate surface area is 126 Å². The molecule has 0 fully saturated rings. The Morgan fingerprint density at radius 1 is 1.14 bits per heavy atom. The van der Waals surface area contributed by atoms with Gasteiger partial charge in [-0.15, -0.1) is 0 Å². The summed E-state index contributed by atoms with van der Waals surface area (Å²) in [6, 6.07) is 13.8. The molecule has 0 aliphatic heterocycles. The lowest BCUT2D eigenvalue weighted by atomic mass is 10.1. The number of pyridine rings is 1. The molecule has 0 radical (unpaired) electrons. The first kappa shape index (κ1) is 15.3. The molecule has 21 heavy (non-hydrogen) atoms. The molecule has 2 aromatic rings. The maximum atomic E-state index is 5.77. The standard InChI is InChI=1S/C17H22N2O2/c1-3-18-15(17-16(20-2)10-7-12-19-17)11-13-21-14-8-5-4-6-9-14/h4-10,12,15,18H,3,11,13H2,1-2H3. The normalized spacial score (nSPS) is 11.9. The Bertz CT molecular complexity index is 531. The number of methoxy groups -OCH3 is 1. The molecule has 4 heteroatoms. The van der Waals surface area contributed by atoms with Crippen LogP contribution in [-0.2, 0) is 0 Å². The van der Waals surface area contributed by atoms with Gasteiger partial charge in [0.2, 0.25) is 0 Å². The number of hydrogen-bond acceptors (Lipinski definition) is 4. The van der Waals surface area contributed by atoms with Crippen LogP contribution in [0.3, 0.4) is 0 Å². The minimum absolute atomic E-state index is 0.120. The number of aromatic nitrogens is 1. The van der Waals surface area contributed by atoms with Crippen molar-refractivity contribution in [3.05, 3.63) is 54.4 Å². The zero-order valence-electron chi connectivity index (χ0n) is 12.6. The third kappa shape index (κ3) is 4.46. The molecule has 1 aromatic heterocycles. The first-order chi connectivity index (χ1) is 10.3. The molecule has 1 N–H and O–H groups in total. The maximum Gasteiger partial charge on any atom is 0.141 e. The third-order valence-electron chi connectivity index (χ3n) is 3.22. The van der Waals surface area contributed by atoms with Crippen LogP contribution in [0, 0.1) is 0 Å². The van der Waals surface area contributed by atoms with Gasteiger partial charge in [0.05, 0.1) is 25.5 Å². The molecule has 2 rings (SSSR count). The fourth-order valence-corrected chi connectivity index (χ4v) is 2.23. The fourth-order valence-electron chi connectivity index (χ4n) is 2.23.